The van der Waals surface area contributed by atoms with Gasteiger partial charge in [0.25, 0.3) is 0 Å². The lowest BCUT2D eigenvalue weighted by atomic mass is 9.94. The molecule has 2 unspecified atom stereocenters. The molecule has 0 aliphatic carbocycles. The number of halogens is 1. The van der Waals surface area contributed by atoms with Gasteiger partial charge in [-0.15, -0.1) is 0 Å². The highest BCUT2D eigenvalue weighted by Gasteiger charge is 2.26. The van der Waals surface area contributed by atoms with Gasteiger partial charge in [0.2, 0.25) is 0 Å². The minimum Gasteiger partial charge on any atom is -0.398 e. The largest absolute Gasteiger partial charge is 0.398 e. The minimum absolute atomic E-state index is 0.175. The molecule has 15 heavy (non-hydrogen) atoms. The number of nitrogens with two attached hydrogens (primary N) is 1. The van der Waals surface area contributed by atoms with Crippen LogP contribution >= 0.6 is 15.9 Å². The molecule has 82 valence electrons. The van der Waals surface area contributed by atoms with E-state index in [4.69, 9.17) is 10.5 Å². The third kappa shape index (κ3) is 2.33. The van der Waals surface area contributed by atoms with Gasteiger partial charge in [-0.2, -0.15) is 0 Å². The zero-order valence-electron chi connectivity index (χ0n) is 8.32. The predicted octanol–water partition coefficient (Wildman–Crippen LogP) is 2.10. The molecule has 1 aromatic carbocycles. The van der Waals surface area contributed by atoms with Gasteiger partial charge in [-0.25, -0.2) is 0 Å². The molecule has 0 aromatic heterocycles. The van der Waals surface area contributed by atoms with Crippen molar-refractivity contribution in [1.29, 1.82) is 0 Å². The molecule has 0 bridgehead atoms. The van der Waals surface area contributed by atoms with Gasteiger partial charge < -0.3 is 15.6 Å². The van der Waals surface area contributed by atoms with E-state index in [9.17, 15) is 5.11 Å². The fraction of sp³-hybridized carbons (Fsp3) is 0.455. The number of aliphatic hydroxyl groups is 1. The lowest BCUT2D eigenvalue weighted by Crippen LogP contribution is -2.14. The lowest BCUT2D eigenvalue weighted by Gasteiger charge is -2.18. The summed E-state index contributed by atoms with van der Waals surface area (Å²) in [6.45, 7) is 1.36. The standard InChI is InChI=1S/C11H14BrNO2/c12-8-1-2-9(10(13)5-8)11(14)7-3-4-15-6-7/h1-2,5,7,11,14H,3-4,6,13H2. The van der Waals surface area contributed by atoms with Crippen LogP contribution in [0.3, 0.4) is 0 Å². The lowest BCUT2D eigenvalue weighted by molar-refractivity contribution is 0.0923. The van der Waals surface area contributed by atoms with Crippen LogP contribution in [0.1, 0.15) is 18.1 Å². The number of rotatable bonds is 2. The summed E-state index contributed by atoms with van der Waals surface area (Å²) in [5.74, 6) is 0.175. The minimum atomic E-state index is -0.513. The van der Waals surface area contributed by atoms with Crippen molar-refractivity contribution in [3.8, 4) is 0 Å². The molecule has 0 radical (unpaired) electrons. The van der Waals surface area contributed by atoms with Gasteiger partial charge in [-0.3, -0.25) is 0 Å². The molecular formula is C11H14BrNO2. The molecular weight excluding hydrogens is 258 g/mol. The zero-order valence-corrected chi connectivity index (χ0v) is 9.90. The number of aliphatic hydroxyl groups excluding tert-OH is 1. The highest BCUT2D eigenvalue weighted by Crippen LogP contribution is 2.32. The molecule has 4 heteroatoms. The first-order chi connectivity index (χ1) is 7.18. The van der Waals surface area contributed by atoms with E-state index in [-0.39, 0.29) is 5.92 Å². The summed E-state index contributed by atoms with van der Waals surface area (Å²) in [6, 6.07) is 5.57. The first kappa shape index (κ1) is 10.9. The average Bonchev–Trinajstić information content (AvgIpc) is 2.69. The van der Waals surface area contributed by atoms with E-state index >= 15 is 0 Å². The summed E-state index contributed by atoms with van der Waals surface area (Å²) in [4.78, 5) is 0. The van der Waals surface area contributed by atoms with Crippen LogP contribution in [-0.2, 0) is 4.74 Å². The van der Waals surface area contributed by atoms with Crippen molar-refractivity contribution in [2.24, 2.45) is 5.92 Å². The first-order valence-electron chi connectivity index (χ1n) is 4.99. The summed E-state index contributed by atoms with van der Waals surface area (Å²) in [5, 5.41) is 10.1. The van der Waals surface area contributed by atoms with Gasteiger partial charge in [0.05, 0.1) is 12.7 Å². The number of anilines is 1. The molecule has 2 rings (SSSR count). The predicted molar refractivity (Wildman–Crippen MR) is 62.4 cm³/mol. The monoisotopic (exact) mass is 271 g/mol. The van der Waals surface area contributed by atoms with E-state index in [0.717, 1.165) is 23.1 Å². The molecule has 0 spiro atoms. The number of hydrogen-bond donors (Lipinski definition) is 2. The molecule has 1 aromatic rings. The fourth-order valence-electron chi connectivity index (χ4n) is 1.87. The van der Waals surface area contributed by atoms with Crippen molar-refractivity contribution < 1.29 is 9.84 Å². The number of benzene rings is 1. The molecule has 1 aliphatic heterocycles. The van der Waals surface area contributed by atoms with Crippen molar-refractivity contribution >= 4 is 21.6 Å². The first-order valence-corrected chi connectivity index (χ1v) is 5.78. The summed E-state index contributed by atoms with van der Waals surface area (Å²) >= 11 is 3.34. The Morgan fingerprint density at radius 1 is 1.53 bits per heavy atom. The second-order valence-electron chi connectivity index (χ2n) is 3.84. The Kier molecular flexibility index (Phi) is 3.29. The fourth-order valence-corrected chi connectivity index (χ4v) is 2.25. The van der Waals surface area contributed by atoms with Crippen molar-refractivity contribution in [1.82, 2.24) is 0 Å². The van der Waals surface area contributed by atoms with Gasteiger partial charge >= 0.3 is 0 Å². The quantitative estimate of drug-likeness (QED) is 0.811. The number of ether oxygens (including phenoxy) is 1. The number of hydrogen-bond acceptors (Lipinski definition) is 3. The molecule has 1 saturated heterocycles. The zero-order chi connectivity index (χ0) is 10.8. The molecule has 1 fully saturated rings. The van der Waals surface area contributed by atoms with E-state index in [1.165, 1.54) is 0 Å². The molecule has 0 saturated carbocycles. The molecule has 3 nitrogen and oxygen atoms in total. The highest BCUT2D eigenvalue weighted by molar-refractivity contribution is 9.10. The third-order valence-electron chi connectivity index (χ3n) is 2.78. The number of nitrogen functional groups attached to an aromatic ring is 1. The normalized spacial score (nSPS) is 22.9. The van der Waals surface area contributed by atoms with E-state index in [1.807, 2.05) is 18.2 Å². The second-order valence-corrected chi connectivity index (χ2v) is 4.76. The Morgan fingerprint density at radius 2 is 2.33 bits per heavy atom. The van der Waals surface area contributed by atoms with Crippen LogP contribution in [0.15, 0.2) is 22.7 Å². The molecule has 1 heterocycles. The smallest absolute Gasteiger partial charge is 0.0860 e. The summed E-state index contributed by atoms with van der Waals surface area (Å²) in [7, 11) is 0. The second kappa shape index (κ2) is 4.51. The van der Waals surface area contributed by atoms with E-state index < -0.39 is 6.10 Å². The molecule has 3 N–H and O–H groups in total. The molecule has 2 atom stereocenters. The third-order valence-corrected chi connectivity index (χ3v) is 3.27. The Hall–Kier alpha value is -0.580. The average molecular weight is 272 g/mol. The maximum absolute atomic E-state index is 10.1. The Morgan fingerprint density at radius 3 is 2.93 bits per heavy atom. The van der Waals surface area contributed by atoms with Crippen molar-refractivity contribution in [3.05, 3.63) is 28.2 Å². The van der Waals surface area contributed by atoms with E-state index in [1.54, 1.807) is 0 Å². The van der Waals surface area contributed by atoms with Gasteiger partial charge in [-0.05, 0) is 18.6 Å². The maximum Gasteiger partial charge on any atom is 0.0860 e. The van der Waals surface area contributed by atoms with E-state index in [2.05, 4.69) is 15.9 Å². The molecule has 1 aliphatic rings. The molecule has 0 amide bonds. The Bertz CT molecular complexity index is 350. The van der Waals surface area contributed by atoms with Gasteiger partial charge in [0.1, 0.15) is 0 Å². The van der Waals surface area contributed by atoms with Gasteiger partial charge in [-0.1, -0.05) is 22.0 Å². The summed E-state index contributed by atoms with van der Waals surface area (Å²) in [6.07, 6.45) is 0.386. The van der Waals surface area contributed by atoms with Crippen molar-refractivity contribution in [2.75, 3.05) is 18.9 Å². The summed E-state index contributed by atoms with van der Waals surface area (Å²) < 4.78 is 6.18. The van der Waals surface area contributed by atoms with Gasteiger partial charge in [0, 0.05) is 28.2 Å². The van der Waals surface area contributed by atoms with Crippen LogP contribution in [0.2, 0.25) is 0 Å². The SMILES string of the molecule is Nc1cc(Br)ccc1C(O)C1CCOC1. The van der Waals surface area contributed by atoms with Crippen LogP contribution in [0, 0.1) is 5.92 Å². The van der Waals surface area contributed by atoms with Crippen LogP contribution in [-0.4, -0.2) is 18.3 Å². The van der Waals surface area contributed by atoms with Crippen molar-refractivity contribution in [2.45, 2.75) is 12.5 Å². The van der Waals surface area contributed by atoms with Crippen LogP contribution in [0.4, 0.5) is 5.69 Å². The maximum atomic E-state index is 10.1. The Balaban J connectivity index is 2.20. The van der Waals surface area contributed by atoms with E-state index in [0.29, 0.717) is 12.3 Å². The van der Waals surface area contributed by atoms with Gasteiger partial charge in [0.15, 0.2) is 0 Å². The van der Waals surface area contributed by atoms with Crippen molar-refractivity contribution in [3.63, 3.8) is 0 Å². The van der Waals surface area contributed by atoms with Crippen LogP contribution in [0.25, 0.3) is 0 Å². The van der Waals surface area contributed by atoms with Crippen LogP contribution < -0.4 is 5.73 Å². The highest BCUT2D eigenvalue weighted by atomic mass is 79.9. The topological polar surface area (TPSA) is 55.5 Å². The summed E-state index contributed by atoms with van der Waals surface area (Å²) in [5.41, 5.74) is 7.29. The van der Waals surface area contributed by atoms with Crippen LogP contribution in [0.5, 0.6) is 0 Å². The Labute approximate surface area is 97.4 Å².